The predicted octanol–water partition coefficient (Wildman–Crippen LogP) is 5.32. The Morgan fingerprint density at radius 3 is 2.57 bits per heavy atom. The van der Waals surface area contributed by atoms with Crippen LogP contribution in [0.2, 0.25) is 0 Å². The van der Waals surface area contributed by atoms with E-state index < -0.39 is 0 Å². The summed E-state index contributed by atoms with van der Waals surface area (Å²) >= 11 is 5.36. The van der Waals surface area contributed by atoms with Crippen molar-refractivity contribution in [3.05, 3.63) is 57.9 Å². The van der Waals surface area contributed by atoms with Crippen molar-refractivity contribution in [2.24, 2.45) is 0 Å². The van der Waals surface area contributed by atoms with Crippen LogP contribution < -0.4 is 0 Å². The number of benzene rings is 2. The highest BCUT2D eigenvalue weighted by molar-refractivity contribution is 7.71. The second-order valence-corrected chi connectivity index (χ2v) is 7.33. The van der Waals surface area contributed by atoms with E-state index in [0.717, 1.165) is 27.8 Å². The van der Waals surface area contributed by atoms with E-state index in [9.17, 15) is 5.11 Å². The van der Waals surface area contributed by atoms with Gasteiger partial charge in [0.05, 0.1) is 12.1 Å². The first-order valence-corrected chi connectivity index (χ1v) is 8.09. The molecule has 0 saturated heterocycles. The number of aromatic hydroxyl groups is 1. The van der Waals surface area contributed by atoms with Crippen molar-refractivity contribution in [3.63, 3.8) is 0 Å². The zero-order valence-electron chi connectivity index (χ0n) is 13.9. The minimum Gasteiger partial charge on any atom is -0.507 e. The maximum atomic E-state index is 10.4. The van der Waals surface area contributed by atoms with Crippen molar-refractivity contribution >= 4 is 23.3 Å². The van der Waals surface area contributed by atoms with Gasteiger partial charge in [-0.25, -0.2) is 0 Å². The number of rotatable bonds is 2. The van der Waals surface area contributed by atoms with Crippen LogP contribution in [0, 0.1) is 11.8 Å². The molecule has 0 amide bonds. The smallest absolute Gasteiger partial charge is 0.269 e. The summed E-state index contributed by atoms with van der Waals surface area (Å²) in [6.45, 7) is 8.86. The molecule has 3 aromatic rings. The normalized spacial score (nSPS) is 12.0. The van der Waals surface area contributed by atoms with Gasteiger partial charge >= 0.3 is 0 Å². The molecule has 0 spiro atoms. The Labute approximate surface area is 141 Å². The molecule has 0 bridgehead atoms. The van der Waals surface area contributed by atoms with Gasteiger partial charge in [0.15, 0.2) is 5.58 Å². The molecule has 0 fully saturated rings. The lowest BCUT2D eigenvalue weighted by molar-refractivity contribution is 0.442. The minimum absolute atomic E-state index is 0.120. The number of nitrogens with zero attached hydrogens (tertiary/aromatic N) is 1. The van der Waals surface area contributed by atoms with Gasteiger partial charge in [0.1, 0.15) is 5.75 Å². The molecular formula is C19H21NO2S. The molecule has 120 valence electrons. The lowest BCUT2D eigenvalue weighted by atomic mass is 9.84. The fraction of sp³-hybridized carbons (Fsp3) is 0.316. The number of oxazole rings is 1. The maximum absolute atomic E-state index is 10.4. The van der Waals surface area contributed by atoms with E-state index in [2.05, 4.69) is 26.8 Å². The van der Waals surface area contributed by atoms with Gasteiger partial charge in [-0.3, -0.25) is 4.57 Å². The lowest BCUT2D eigenvalue weighted by Crippen LogP contribution is -2.13. The number of aryl methyl sites for hydroxylation is 1. The monoisotopic (exact) mass is 327 g/mol. The first-order chi connectivity index (χ1) is 10.8. The second kappa shape index (κ2) is 5.53. The number of hydrogen-bond donors (Lipinski definition) is 1. The number of aromatic nitrogens is 1. The summed E-state index contributed by atoms with van der Waals surface area (Å²) in [7, 11) is 0. The Bertz CT molecular complexity index is 929. The van der Waals surface area contributed by atoms with Gasteiger partial charge in [-0.15, -0.1) is 0 Å². The Morgan fingerprint density at radius 1 is 1.17 bits per heavy atom. The molecule has 0 atom stereocenters. The van der Waals surface area contributed by atoms with Crippen LogP contribution in [0.15, 0.2) is 40.8 Å². The van der Waals surface area contributed by atoms with E-state index in [1.807, 2.05) is 41.8 Å². The van der Waals surface area contributed by atoms with Gasteiger partial charge in [-0.05, 0) is 59.4 Å². The number of phenols is 1. The lowest BCUT2D eigenvalue weighted by Gasteiger charge is -2.22. The summed E-state index contributed by atoms with van der Waals surface area (Å²) in [4.78, 5) is 0.467. The molecule has 1 heterocycles. The van der Waals surface area contributed by atoms with Crippen molar-refractivity contribution in [1.82, 2.24) is 4.57 Å². The molecule has 1 N–H and O–H groups in total. The van der Waals surface area contributed by atoms with Gasteiger partial charge in [-0.1, -0.05) is 39.0 Å². The SMILES string of the molecule is Cc1cc(Cn2c(=S)oc3ccccc32)cc(C(C)(C)C)c1O. The van der Waals surface area contributed by atoms with Gasteiger partial charge in [0.2, 0.25) is 0 Å². The third-order valence-electron chi connectivity index (χ3n) is 4.08. The highest BCUT2D eigenvalue weighted by atomic mass is 32.1. The summed E-state index contributed by atoms with van der Waals surface area (Å²) in [5, 5.41) is 10.4. The van der Waals surface area contributed by atoms with Crippen LogP contribution in [0.4, 0.5) is 0 Å². The first-order valence-electron chi connectivity index (χ1n) is 7.69. The van der Waals surface area contributed by atoms with Crippen molar-refractivity contribution in [1.29, 1.82) is 0 Å². The third kappa shape index (κ3) is 2.91. The zero-order valence-corrected chi connectivity index (χ0v) is 14.7. The van der Waals surface area contributed by atoms with Crippen LogP contribution in [0.1, 0.15) is 37.5 Å². The van der Waals surface area contributed by atoms with Crippen LogP contribution >= 0.6 is 12.2 Å². The van der Waals surface area contributed by atoms with Crippen molar-refractivity contribution in [2.75, 3.05) is 0 Å². The van der Waals surface area contributed by atoms with Crippen LogP contribution in [-0.4, -0.2) is 9.67 Å². The van der Waals surface area contributed by atoms with E-state index in [1.165, 1.54) is 0 Å². The highest BCUT2D eigenvalue weighted by Gasteiger charge is 2.20. The fourth-order valence-electron chi connectivity index (χ4n) is 2.86. The minimum atomic E-state index is -0.120. The molecule has 23 heavy (non-hydrogen) atoms. The number of phenolic OH excluding ortho intramolecular Hbond substituents is 1. The van der Waals surface area contributed by atoms with Crippen LogP contribution in [-0.2, 0) is 12.0 Å². The van der Waals surface area contributed by atoms with E-state index in [0.29, 0.717) is 17.1 Å². The third-order valence-corrected chi connectivity index (χ3v) is 4.39. The molecule has 3 rings (SSSR count). The van der Waals surface area contributed by atoms with Gasteiger partial charge < -0.3 is 9.52 Å². The highest BCUT2D eigenvalue weighted by Crippen LogP contribution is 2.34. The fourth-order valence-corrected chi connectivity index (χ4v) is 3.12. The van der Waals surface area contributed by atoms with E-state index >= 15 is 0 Å². The summed E-state index contributed by atoms with van der Waals surface area (Å²) in [6.07, 6.45) is 0. The average Bonchev–Trinajstić information content (AvgIpc) is 2.78. The summed E-state index contributed by atoms with van der Waals surface area (Å²) in [6, 6.07) is 11.9. The summed E-state index contributed by atoms with van der Waals surface area (Å²) in [5.74, 6) is 0.377. The molecule has 0 aliphatic rings. The molecule has 1 aromatic heterocycles. The Hall–Kier alpha value is -2.07. The summed E-state index contributed by atoms with van der Waals surface area (Å²) in [5.41, 5.74) is 4.60. The molecule has 4 heteroatoms. The largest absolute Gasteiger partial charge is 0.507 e. The standard InChI is InChI=1S/C19H21NO2S/c1-12-9-13(10-14(17(12)21)19(2,3)4)11-20-15-7-5-6-8-16(15)22-18(20)23/h5-10,21H,11H2,1-4H3. The molecule has 2 aromatic carbocycles. The predicted molar refractivity (Wildman–Crippen MR) is 95.7 cm³/mol. The average molecular weight is 327 g/mol. The summed E-state index contributed by atoms with van der Waals surface area (Å²) < 4.78 is 7.64. The molecule has 0 aliphatic carbocycles. The van der Waals surface area contributed by atoms with E-state index in [1.54, 1.807) is 0 Å². The zero-order chi connectivity index (χ0) is 16.8. The van der Waals surface area contributed by atoms with E-state index in [4.69, 9.17) is 16.6 Å². The second-order valence-electron chi connectivity index (χ2n) is 6.98. The van der Waals surface area contributed by atoms with Crippen molar-refractivity contribution in [2.45, 2.75) is 39.7 Å². The maximum Gasteiger partial charge on any atom is 0.269 e. The number of fused-ring (bicyclic) bond motifs is 1. The Balaban J connectivity index is 2.11. The van der Waals surface area contributed by atoms with Crippen LogP contribution in [0.3, 0.4) is 0 Å². The topological polar surface area (TPSA) is 38.3 Å². The van der Waals surface area contributed by atoms with Gasteiger partial charge in [0.25, 0.3) is 4.84 Å². The Kier molecular flexibility index (Phi) is 3.80. The van der Waals surface area contributed by atoms with Gasteiger partial charge in [0, 0.05) is 0 Å². The molecule has 0 radical (unpaired) electrons. The van der Waals surface area contributed by atoms with Crippen LogP contribution in [0.25, 0.3) is 11.1 Å². The van der Waals surface area contributed by atoms with Crippen LogP contribution in [0.5, 0.6) is 5.75 Å². The first kappa shape index (κ1) is 15.8. The quantitative estimate of drug-likeness (QED) is 0.647. The van der Waals surface area contributed by atoms with E-state index in [-0.39, 0.29) is 5.41 Å². The number of hydrogen-bond acceptors (Lipinski definition) is 3. The molecule has 0 unspecified atom stereocenters. The van der Waals surface area contributed by atoms with Crippen molar-refractivity contribution < 1.29 is 9.52 Å². The Morgan fingerprint density at radius 2 is 1.87 bits per heavy atom. The van der Waals surface area contributed by atoms with Crippen molar-refractivity contribution in [3.8, 4) is 5.75 Å². The van der Waals surface area contributed by atoms with Gasteiger partial charge in [-0.2, -0.15) is 0 Å². The molecule has 0 aliphatic heterocycles. The molecular weight excluding hydrogens is 306 g/mol. The molecule has 0 saturated carbocycles. The molecule has 3 nitrogen and oxygen atoms in total. The number of para-hydroxylation sites is 2.